The molecule has 0 aliphatic carbocycles. The Hall–Kier alpha value is -0.594. The number of aryl methyl sites for hydroxylation is 1. The van der Waals surface area contributed by atoms with Gasteiger partial charge in [-0.2, -0.15) is 0 Å². The van der Waals surface area contributed by atoms with Crippen molar-refractivity contribution >= 4 is 27.1 Å². The first kappa shape index (κ1) is 11.9. The zero-order valence-corrected chi connectivity index (χ0v) is 12.7. The van der Waals surface area contributed by atoms with E-state index in [-0.39, 0.29) is 0 Å². The van der Waals surface area contributed by atoms with Crippen LogP contribution >= 0.6 is 9.70 Å². The molecular formula is C10H13GaN4S. The van der Waals surface area contributed by atoms with Crippen molar-refractivity contribution in [3.8, 4) is 5.82 Å². The topological polar surface area (TPSA) is 35.6 Å². The van der Waals surface area contributed by atoms with Crippen LogP contribution in [0.25, 0.3) is 5.82 Å². The van der Waals surface area contributed by atoms with Gasteiger partial charge in [-0.25, -0.2) is 0 Å². The standard InChI is InChI=1S/C10H14N4S.Ga/c1-3-5-8-9(15)10(12-13(8)2)14-7-4-6-11-14;/h4,6-7,15H,3,5H2,1-2H3;/q;+1/p-1. The predicted molar refractivity (Wildman–Crippen MR) is 65.9 cm³/mol. The van der Waals surface area contributed by atoms with Crippen LogP contribution < -0.4 is 0 Å². The van der Waals surface area contributed by atoms with E-state index in [1.165, 1.54) is 10.6 Å². The van der Waals surface area contributed by atoms with Crippen LogP contribution in [-0.4, -0.2) is 36.9 Å². The molecule has 0 aliphatic heterocycles. The van der Waals surface area contributed by atoms with Crippen LogP contribution in [0.15, 0.2) is 23.4 Å². The molecule has 6 heteroatoms. The van der Waals surface area contributed by atoms with E-state index in [2.05, 4.69) is 17.1 Å². The molecule has 82 valence electrons. The molecule has 2 aromatic rings. The molecular weight excluding hydrogens is 278 g/mol. The van der Waals surface area contributed by atoms with Gasteiger partial charge in [-0.05, 0) is 0 Å². The van der Waals surface area contributed by atoms with Crippen LogP contribution in [0.4, 0.5) is 0 Å². The Morgan fingerprint density at radius 3 is 2.88 bits per heavy atom. The Bertz CT molecular complexity index is 463. The summed E-state index contributed by atoms with van der Waals surface area (Å²) in [7, 11) is 3.80. The van der Waals surface area contributed by atoms with E-state index < -0.39 is 0 Å². The SMILES string of the molecule is CCCc1c([S][Ga])c(-n2cccn2)nn1C. The molecule has 2 radical (unpaired) electrons. The van der Waals surface area contributed by atoms with Gasteiger partial charge in [-0.15, -0.1) is 0 Å². The van der Waals surface area contributed by atoms with Crippen LogP contribution in [0.2, 0.25) is 0 Å². The summed E-state index contributed by atoms with van der Waals surface area (Å²) in [5.74, 6) is 0.949. The number of rotatable bonds is 4. The van der Waals surface area contributed by atoms with E-state index in [0.29, 0.717) is 0 Å². The summed E-state index contributed by atoms with van der Waals surface area (Å²) in [5, 5.41) is 8.79. The third kappa shape index (κ3) is 2.09. The second-order valence-corrected chi connectivity index (χ2v) is 5.67. The quantitative estimate of drug-likeness (QED) is 0.805. The van der Waals surface area contributed by atoms with Crippen LogP contribution in [0.1, 0.15) is 19.0 Å². The summed E-state index contributed by atoms with van der Waals surface area (Å²) in [6, 6.07) is 1.92. The number of hydrogen-bond donors (Lipinski definition) is 0. The normalized spacial score (nSPS) is 10.9. The molecule has 0 unspecified atom stereocenters. The van der Waals surface area contributed by atoms with E-state index >= 15 is 0 Å². The maximum atomic E-state index is 4.55. The average molecular weight is 291 g/mol. The third-order valence-electron chi connectivity index (χ3n) is 2.43. The van der Waals surface area contributed by atoms with Gasteiger partial charge in [0.1, 0.15) is 0 Å². The summed E-state index contributed by atoms with van der Waals surface area (Å²) in [6.07, 6.45) is 5.92. The summed E-state index contributed by atoms with van der Waals surface area (Å²) >= 11 is 1.63. The van der Waals surface area contributed by atoms with Crippen molar-refractivity contribution in [2.75, 3.05) is 0 Å². The van der Waals surface area contributed by atoms with Crippen molar-refractivity contribution in [1.29, 1.82) is 0 Å². The van der Waals surface area contributed by atoms with Crippen molar-refractivity contribution in [2.24, 2.45) is 7.05 Å². The van der Waals surface area contributed by atoms with Gasteiger partial charge >= 0.3 is 108 Å². The fraction of sp³-hybridized carbons (Fsp3) is 0.400. The number of aromatic nitrogens is 4. The minimum absolute atomic E-state index is 0.949. The average Bonchev–Trinajstić information content (AvgIpc) is 2.88. The van der Waals surface area contributed by atoms with Crippen molar-refractivity contribution in [3.63, 3.8) is 0 Å². The van der Waals surface area contributed by atoms with Gasteiger partial charge in [0.25, 0.3) is 0 Å². The van der Waals surface area contributed by atoms with Crippen LogP contribution in [0, 0.1) is 0 Å². The van der Waals surface area contributed by atoms with Gasteiger partial charge in [0.05, 0.1) is 0 Å². The van der Waals surface area contributed by atoms with E-state index in [4.69, 9.17) is 0 Å². The Morgan fingerprint density at radius 2 is 2.31 bits per heavy atom. The molecule has 0 saturated carbocycles. The second-order valence-electron chi connectivity index (χ2n) is 3.54. The molecule has 0 aliphatic rings. The molecule has 0 amide bonds. The first-order valence-electron chi connectivity index (χ1n) is 5.20. The summed E-state index contributed by atoms with van der Waals surface area (Å²) in [5.41, 5.74) is 1.31. The van der Waals surface area contributed by atoms with E-state index in [1.807, 2.05) is 28.7 Å². The zero-order chi connectivity index (χ0) is 11.5. The summed E-state index contributed by atoms with van der Waals surface area (Å²) in [4.78, 5) is 1.26. The molecule has 2 heterocycles. The molecule has 0 atom stereocenters. The first-order chi connectivity index (χ1) is 7.77. The molecule has 16 heavy (non-hydrogen) atoms. The second kappa shape index (κ2) is 5.16. The summed E-state index contributed by atoms with van der Waals surface area (Å²) < 4.78 is 3.81. The molecule has 4 nitrogen and oxygen atoms in total. The van der Waals surface area contributed by atoms with Gasteiger partial charge in [-0.1, -0.05) is 0 Å². The van der Waals surface area contributed by atoms with E-state index in [1.54, 1.807) is 33.3 Å². The third-order valence-corrected chi connectivity index (χ3v) is 4.56. The molecule has 0 saturated heterocycles. The van der Waals surface area contributed by atoms with Gasteiger partial charge in [0.2, 0.25) is 0 Å². The van der Waals surface area contributed by atoms with Crippen LogP contribution in [0.3, 0.4) is 0 Å². The number of hydrogen-bond acceptors (Lipinski definition) is 3. The van der Waals surface area contributed by atoms with Gasteiger partial charge < -0.3 is 0 Å². The number of nitrogens with zero attached hydrogens (tertiary/aromatic N) is 4. The van der Waals surface area contributed by atoms with Crippen molar-refractivity contribution in [1.82, 2.24) is 19.6 Å². The first-order valence-corrected chi connectivity index (χ1v) is 9.05. The van der Waals surface area contributed by atoms with E-state index in [0.717, 1.165) is 18.7 Å². The Kier molecular flexibility index (Phi) is 3.83. The van der Waals surface area contributed by atoms with Crippen molar-refractivity contribution < 1.29 is 0 Å². The zero-order valence-electron chi connectivity index (χ0n) is 9.42. The van der Waals surface area contributed by atoms with Crippen molar-refractivity contribution in [2.45, 2.75) is 24.7 Å². The predicted octanol–water partition coefficient (Wildman–Crippen LogP) is 1.73. The molecule has 0 aromatic carbocycles. The molecule has 0 N–H and O–H groups in total. The fourth-order valence-electron chi connectivity index (χ4n) is 1.70. The molecule has 0 spiro atoms. The molecule has 2 aromatic heterocycles. The molecule has 0 fully saturated rings. The van der Waals surface area contributed by atoms with Gasteiger partial charge in [0, 0.05) is 0 Å². The maximum absolute atomic E-state index is 4.55. The Morgan fingerprint density at radius 1 is 1.50 bits per heavy atom. The van der Waals surface area contributed by atoms with Crippen LogP contribution in [0.5, 0.6) is 0 Å². The molecule has 0 bridgehead atoms. The van der Waals surface area contributed by atoms with Crippen LogP contribution in [-0.2, 0) is 13.5 Å². The van der Waals surface area contributed by atoms with Gasteiger partial charge in [-0.3, -0.25) is 0 Å². The van der Waals surface area contributed by atoms with E-state index in [9.17, 15) is 0 Å². The fourth-order valence-corrected chi connectivity index (χ4v) is 3.83. The minimum atomic E-state index is 0.949. The Labute approximate surface area is 108 Å². The monoisotopic (exact) mass is 290 g/mol. The summed E-state index contributed by atoms with van der Waals surface area (Å²) in [6.45, 7) is 2.19. The van der Waals surface area contributed by atoms with Crippen molar-refractivity contribution in [3.05, 3.63) is 24.2 Å². The van der Waals surface area contributed by atoms with Gasteiger partial charge in [0.15, 0.2) is 0 Å². The molecule has 2 rings (SSSR count). The Balaban J connectivity index is 2.50.